The van der Waals surface area contributed by atoms with Crippen molar-refractivity contribution >= 4 is 47.0 Å². The number of thiophene rings is 1. The fraction of sp³-hybridized carbons (Fsp3) is 0.389. The molecule has 0 aliphatic carbocycles. The van der Waals surface area contributed by atoms with Crippen LogP contribution in [0.25, 0.3) is 0 Å². The molecule has 0 amide bonds. The molecule has 25 heavy (non-hydrogen) atoms. The van der Waals surface area contributed by atoms with E-state index in [1.54, 1.807) is 11.3 Å². The molecule has 0 spiro atoms. The van der Waals surface area contributed by atoms with Gasteiger partial charge in [0.25, 0.3) is 0 Å². The Hall–Kier alpha value is -1.35. The molecule has 3 N–H and O–H groups in total. The van der Waals surface area contributed by atoms with E-state index in [9.17, 15) is 4.39 Å². The van der Waals surface area contributed by atoms with Crippen molar-refractivity contribution in [1.29, 1.82) is 0 Å². The number of nitrogens with one attached hydrogen (secondary N) is 1. The van der Waals surface area contributed by atoms with Gasteiger partial charge in [-0.05, 0) is 49.4 Å². The van der Waals surface area contributed by atoms with Crippen LogP contribution in [0.15, 0.2) is 40.7 Å². The highest BCUT2D eigenvalue weighted by atomic mass is 127. The van der Waals surface area contributed by atoms with E-state index in [0.717, 1.165) is 31.6 Å². The van der Waals surface area contributed by atoms with Crippen molar-refractivity contribution in [2.24, 2.45) is 10.7 Å². The molecule has 7 heteroatoms. The van der Waals surface area contributed by atoms with Crippen LogP contribution >= 0.6 is 35.3 Å². The summed E-state index contributed by atoms with van der Waals surface area (Å²) < 4.78 is 14.2. The van der Waals surface area contributed by atoms with Crippen LogP contribution in [0.2, 0.25) is 0 Å². The number of nitrogens with two attached hydrogens (primary N) is 1. The van der Waals surface area contributed by atoms with E-state index in [-0.39, 0.29) is 29.8 Å². The second-order valence-electron chi connectivity index (χ2n) is 5.42. The monoisotopic (exact) mass is 476 g/mol. The quantitative estimate of drug-likeness (QED) is 0.344. The zero-order valence-corrected chi connectivity index (χ0v) is 17.8. The maximum absolute atomic E-state index is 14.2. The molecule has 0 aliphatic rings. The summed E-state index contributed by atoms with van der Waals surface area (Å²) in [6.07, 6.45) is 0.918. The van der Waals surface area contributed by atoms with Gasteiger partial charge in [-0.25, -0.2) is 9.38 Å². The summed E-state index contributed by atoms with van der Waals surface area (Å²) in [6.45, 7) is 6.71. The maximum Gasteiger partial charge on any atom is 0.188 e. The Morgan fingerprint density at radius 1 is 1.28 bits per heavy atom. The average molecular weight is 476 g/mol. The second kappa shape index (κ2) is 11.3. The largest absolute Gasteiger partial charge is 0.370 e. The molecular weight excluding hydrogens is 450 g/mol. The summed E-state index contributed by atoms with van der Waals surface area (Å²) in [7, 11) is 0. The Labute approximate surface area is 170 Å². The fourth-order valence-corrected chi connectivity index (χ4v) is 3.18. The molecule has 2 aromatic rings. The zero-order valence-electron chi connectivity index (χ0n) is 14.7. The number of hydrogen-bond acceptors (Lipinski definition) is 3. The van der Waals surface area contributed by atoms with E-state index in [0.29, 0.717) is 18.2 Å². The normalized spacial score (nSPS) is 11.1. The third-order valence-corrected chi connectivity index (χ3v) is 4.74. The first-order valence-electron chi connectivity index (χ1n) is 8.23. The average Bonchev–Trinajstić information content (AvgIpc) is 3.09. The predicted octanol–water partition coefficient (Wildman–Crippen LogP) is 4.00. The van der Waals surface area contributed by atoms with Crippen molar-refractivity contribution in [1.82, 2.24) is 5.32 Å². The minimum Gasteiger partial charge on any atom is -0.370 e. The molecule has 0 radical (unpaired) electrons. The first kappa shape index (κ1) is 21.7. The van der Waals surface area contributed by atoms with Crippen molar-refractivity contribution in [2.75, 3.05) is 24.5 Å². The topological polar surface area (TPSA) is 53.6 Å². The molecule has 0 fully saturated rings. The molecule has 1 aromatic heterocycles. The van der Waals surface area contributed by atoms with Crippen LogP contribution in [0.1, 0.15) is 24.3 Å². The van der Waals surface area contributed by atoms with Gasteiger partial charge in [-0.3, -0.25) is 0 Å². The molecule has 0 saturated heterocycles. The number of nitrogens with zero attached hydrogens (tertiary/aromatic N) is 2. The maximum atomic E-state index is 14.2. The van der Waals surface area contributed by atoms with Crippen molar-refractivity contribution < 1.29 is 4.39 Å². The van der Waals surface area contributed by atoms with Gasteiger partial charge in [-0.15, -0.1) is 35.3 Å². The Morgan fingerprint density at radius 3 is 2.64 bits per heavy atom. The summed E-state index contributed by atoms with van der Waals surface area (Å²) in [5.74, 6) is 0.176. The molecule has 0 saturated carbocycles. The lowest BCUT2D eigenvalue weighted by Gasteiger charge is -2.21. The van der Waals surface area contributed by atoms with Gasteiger partial charge in [0, 0.05) is 24.5 Å². The molecule has 0 atom stereocenters. The van der Waals surface area contributed by atoms with Gasteiger partial charge < -0.3 is 16.0 Å². The lowest BCUT2D eigenvalue weighted by Crippen LogP contribution is -2.33. The van der Waals surface area contributed by atoms with E-state index in [1.165, 1.54) is 10.9 Å². The van der Waals surface area contributed by atoms with Gasteiger partial charge in [0.15, 0.2) is 5.96 Å². The van der Waals surface area contributed by atoms with Gasteiger partial charge in [-0.2, -0.15) is 0 Å². The van der Waals surface area contributed by atoms with Crippen LogP contribution in [0, 0.1) is 5.82 Å². The van der Waals surface area contributed by atoms with E-state index >= 15 is 0 Å². The first-order valence-corrected chi connectivity index (χ1v) is 9.11. The number of halogens is 2. The first-order chi connectivity index (χ1) is 11.6. The van der Waals surface area contributed by atoms with Crippen LogP contribution in [-0.2, 0) is 13.0 Å². The molecule has 2 rings (SSSR count). The van der Waals surface area contributed by atoms with E-state index in [2.05, 4.69) is 21.8 Å². The standard InChI is InChI=1S/C18H25FN4S.HI/c1-3-23(4-2)17-8-7-14(12-16(17)19)13-22-18(20)21-10-9-15-6-5-11-24-15;/h5-8,11-12H,3-4,9-10,13H2,1-2H3,(H3,20,21,22);1H. The van der Waals surface area contributed by atoms with E-state index in [1.807, 2.05) is 36.9 Å². The highest BCUT2D eigenvalue weighted by Crippen LogP contribution is 2.20. The third-order valence-electron chi connectivity index (χ3n) is 3.81. The second-order valence-corrected chi connectivity index (χ2v) is 6.45. The smallest absolute Gasteiger partial charge is 0.188 e. The summed E-state index contributed by atoms with van der Waals surface area (Å²) in [6, 6.07) is 9.39. The SMILES string of the molecule is CCN(CC)c1ccc(CN=C(N)NCCc2cccs2)cc1F.I. The van der Waals surface area contributed by atoms with Crippen LogP contribution in [0.4, 0.5) is 10.1 Å². The highest BCUT2D eigenvalue weighted by Gasteiger charge is 2.08. The van der Waals surface area contributed by atoms with Gasteiger partial charge in [0.05, 0.1) is 12.2 Å². The van der Waals surface area contributed by atoms with Gasteiger partial charge >= 0.3 is 0 Å². The highest BCUT2D eigenvalue weighted by molar-refractivity contribution is 14.0. The van der Waals surface area contributed by atoms with E-state index < -0.39 is 0 Å². The molecule has 0 aliphatic heterocycles. The van der Waals surface area contributed by atoms with Gasteiger partial charge in [0.2, 0.25) is 0 Å². The zero-order chi connectivity index (χ0) is 17.4. The van der Waals surface area contributed by atoms with Gasteiger partial charge in [0.1, 0.15) is 5.82 Å². The Bertz CT molecular complexity index is 657. The molecule has 4 nitrogen and oxygen atoms in total. The minimum atomic E-state index is -0.212. The fourth-order valence-electron chi connectivity index (χ4n) is 2.47. The Kier molecular flexibility index (Phi) is 9.81. The van der Waals surface area contributed by atoms with Crippen LogP contribution in [0.3, 0.4) is 0 Å². The number of guanidine groups is 1. The molecule has 138 valence electrons. The molecule has 1 aromatic carbocycles. The third kappa shape index (κ3) is 6.81. The Balaban J connectivity index is 0.00000312. The number of anilines is 1. The lowest BCUT2D eigenvalue weighted by molar-refractivity contribution is 0.617. The summed E-state index contributed by atoms with van der Waals surface area (Å²) >= 11 is 1.73. The van der Waals surface area contributed by atoms with Crippen LogP contribution in [0.5, 0.6) is 0 Å². The Morgan fingerprint density at radius 2 is 2.04 bits per heavy atom. The number of benzene rings is 1. The minimum absolute atomic E-state index is 0. The van der Waals surface area contributed by atoms with Crippen molar-refractivity contribution in [2.45, 2.75) is 26.8 Å². The molecule has 0 unspecified atom stereocenters. The van der Waals surface area contributed by atoms with Crippen LogP contribution < -0.4 is 16.0 Å². The van der Waals surface area contributed by atoms with Crippen molar-refractivity contribution in [3.63, 3.8) is 0 Å². The summed E-state index contributed by atoms with van der Waals surface area (Å²) in [5.41, 5.74) is 7.31. The van der Waals surface area contributed by atoms with Crippen molar-refractivity contribution in [3.8, 4) is 0 Å². The number of aliphatic imine (C=N–C) groups is 1. The number of hydrogen-bond donors (Lipinski definition) is 2. The summed E-state index contributed by atoms with van der Waals surface area (Å²) in [4.78, 5) is 7.57. The van der Waals surface area contributed by atoms with E-state index in [4.69, 9.17) is 5.73 Å². The van der Waals surface area contributed by atoms with Crippen LogP contribution in [-0.4, -0.2) is 25.6 Å². The molecule has 0 bridgehead atoms. The van der Waals surface area contributed by atoms with Crippen molar-refractivity contribution in [3.05, 3.63) is 52.0 Å². The number of rotatable bonds is 8. The van der Waals surface area contributed by atoms with Gasteiger partial charge in [-0.1, -0.05) is 12.1 Å². The predicted molar refractivity (Wildman–Crippen MR) is 117 cm³/mol. The summed E-state index contributed by atoms with van der Waals surface area (Å²) in [5, 5.41) is 5.14. The molecular formula is C18H26FIN4S. The molecule has 1 heterocycles. The lowest BCUT2D eigenvalue weighted by atomic mass is 10.2.